The third-order valence-corrected chi connectivity index (χ3v) is 4.59. The standard InChI is InChI=1S/C15H21ClN2/c1-14(2)9-17-10-15(6-7-15)11-18(14)13-5-3-4-12(16)8-13/h3-5,8,17H,6-7,9-11H2,1-2H3. The first-order valence-electron chi connectivity index (χ1n) is 6.75. The van der Waals surface area contributed by atoms with E-state index in [0.29, 0.717) is 5.41 Å². The molecule has 2 nitrogen and oxygen atoms in total. The number of hydrogen-bond donors (Lipinski definition) is 1. The van der Waals surface area contributed by atoms with Crippen LogP contribution < -0.4 is 10.2 Å². The van der Waals surface area contributed by atoms with E-state index in [9.17, 15) is 0 Å². The van der Waals surface area contributed by atoms with E-state index in [1.165, 1.54) is 18.5 Å². The summed E-state index contributed by atoms with van der Waals surface area (Å²) >= 11 is 6.14. The summed E-state index contributed by atoms with van der Waals surface area (Å²) in [5.41, 5.74) is 1.90. The molecule has 1 aromatic carbocycles. The second-order valence-electron chi connectivity index (χ2n) is 6.48. The molecule has 0 amide bonds. The van der Waals surface area contributed by atoms with Crippen molar-refractivity contribution in [3.8, 4) is 0 Å². The van der Waals surface area contributed by atoms with Gasteiger partial charge in [-0.3, -0.25) is 0 Å². The minimum absolute atomic E-state index is 0.136. The fourth-order valence-electron chi connectivity index (χ4n) is 2.93. The van der Waals surface area contributed by atoms with Crippen LogP contribution in [0.3, 0.4) is 0 Å². The van der Waals surface area contributed by atoms with E-state index in [-0.39, 0.29) is 5.54 Å². The lowest BCUT2D eigenvalue weighted by Crippen LogP contribution is -2.49. The highest BCUT2D eigenvalue weighted by atomic mass is 35.5. The van der Waals surface area contributed by atoms with Crippen LogP contribution in [0.4, 0.5) is 5.69 Å². The first-order chi connectivity index (χ1) is 8.51. The molecule has 98 valence electrons. The Labute approximate surface area is 114 Å². The maximum Gasteiger partial charge on any atom is 0.0470 e. The molecule has 1 saturated heterocycles. The van der Waals surface area contributed by atoms with Gasteiger partial charge in [0, 0.05) is 41.3 Å². The van der Waals surface area contributed by atoms with E-state index < -0.39 is 0 Å². The maximum absolute atomic E-state index is 6.14. The van der Waals surface area contributed by atoms with Gasteiger partial charge in [-0.15, -0.1) is 0 Å². The average Bonchev–Trinajstić information content (AvgIpc) is 3.07. The van der Waals surface area contributed by atoms with Crippen LogP contribution in [-0.2, 0) is 0 Å². The molecule has 1 N–H and O–H groups in total. The Morgan fingerprint density at radius 2 is 2.00 bits per heavy atom. The maximum atomic E-state index is 6.14. The highest BCUT2D eigenvalue weighted by molar-refractivity contribution is 6.30. The van der Waals surface area contributed by atoms with Gasteiger partial charge in [0.05, 0.1) is 0 Å². The highest BCUT2D eigenvalue weighted by Crippen LogP contribution is 2.48. The second kappa shape index (κ2) is 4.14. The van der Waals surface area contributed by atoms with Gasteiger partial charge in [-0.25, -0.2) is 0 Å². The molecule has 1 aliphatic carbocycles. The summed E-state index contributed by atoms with van der Waals surface area (Å²) in [6, 6.07) is 8.26. The molecule has 2 fully saturated rings. The molecular formula is C15H21ClN2. The summed E-state index contributed by atoms with van der Waals surface area (Å²) in [5.74, 6) is 0. The van der Waals surface area contributed by atoms with Crippen molar-refractivity contribution in [3.63, 3.8) is 0 Å². The molecule has 3 rings (SSSR count). The van der Waals surface area contributed by atoms with Gasteiger partial charge < -0.3 is 10.2 Å². The van der Waals surface area contributed by atoms with Crippen LogP contribution in [0.15, 0.2) is 24.3 Å². The van der Waals surface area contributed by atoms with Crippen molar-refractivity contribution in [1.82, 2.24) is 5.32 Å². The predicted octanol–water partition coefficient (Wildman–Crippen LogP) is 3.31. The first kappa shape index (κ1) is 12.3. The van der Waals surface area contributed by atoms with Crippen molar-refractivity contribution in [2.75, 3.05) is 24.5 Å². The molecule has 18 heavy (non-hydrogen) atoms. The Bertz CT molecular complexity index is 452. The highest BCUT2D eigenvalue weighted by Gasteiger charge is 2.48. The fraction of sp³-hybridized carbons (Fsp3) is 0.600. The van der Waals surface area contributed by atoms with Crippen LogP contribution in [0.1, 0.15) is 26.7 Å². The van der Waals surface area contributed by atoms with E-state index in [0.717, 1.165) is 24.7 Å². The van der Waals surface area contributed by atoms with Gasteiger partial charge in [0.25, 0.3) is 0 Å². The molecule has 3 heteroatoms. The molecule has 0 unspecified atom stereocenters. The van der Waals surface area contributed by atoms with Gasteiger partial charge in [-0.1, -0.05) is 17.7 Å². The summed E-state index contributed by atoms with van der Waals surface area (Å²) in [5, 5.41) is 4.45. The fourth-order valence-corrected chi connectivity index (χ4v) is 3.12. The van der Waals surface area contributed by atoms with Crippen molar-refractivity contribution < 1.29 is 0 Å². The van der Waals surface area contributed by atoms with E-state index >= 15 is 0 Å². The number of rotatable bonds is 1. The SMILES string of the molecule is CC1(C)CNCC2(CC2)CN1c1cccc(Cl)c1. The summed E-state index contributed by atoms with van der Waals surface area (Å²) in [4.78, 5) is 2.53. The molecule has 2 aliphatic rings. The number of benzene rings is 1. The molecular weight excluding hydrogens is 244 g/mol. The van der Waals surface area contributed by atoms with Gasteiger partial charge in [0.1, 0.15) is 0 Å². The summed E-state index contributed by atoms with van der Waals surface area (Å²) < 4.78 is 0. The van der Waals surface area contributed by atoms with E-state index in [1.54, 1.807) is 0 Å². The molecule has 0 atom stereocenters. The third kappa shape index (κ3) is 2.24. The van der Waals surface area contributed by atoms with Crippen LogP contribution in [-0.4, -0.2) is 25.2 Å². The van der Waals surface area contributed by atoms with Crippen molar-refractivity contribution in [3.05, 3.63) is 29.3 Å². The molecule has 1 spiro atoms. The summed E-state index contributed by atoms with van der Waals surface area (Å²) in [6.45, 7) is 7.95. The smallest absolute Gasteiger partial charge is 0.0470 e. The second-order valence-corrected chi connectivity index (χ2v) is 6.92. The largest absolute Gasteiger partial charge is 0.364 e. The quantitative estimate of drug-likeness (QED) is 0.837. The van der Waals surface area contributed by atoms with Gasteiger partial charge in [0.15, 0.2) is 0 Å². The number of nitrogens with one attached hydrogen (secondary N) is 1. The van der Waals surface area contributed by atoms with Crippen LogP contribution in [0, 0.1) is 5.41 Å². The van der Waals surface area contributed by atoms with Gasteiger partial charge in [0.2, 0.25) is 0 Å². The van der Waals surface area contributed by atoms with Gasteiger partial charge >= 0.3 is 0 Å². The topological polar surface area (TPSA) is 15.3 Å². The molecule has 0 aromatic heterocycles. The van der Waals surface area contributed by atoms with Crippen molar-refractivity contribution in [1.29, 1.82) is 0 Å². The Balaban J connectivity index is 1.95. The van der Waals surface area contributed by atoms with Crippen LogP contribution in [0.5, 0.6) is 0 Å². The van der Waals surface area contributed by atoms with Crippen molar-refractivity contribution >= 4 is 17.3 Å². The number of hydrogen-bond acceptors (Lipinski definition) is 2. The molecule has 0 radical (unpaired) electrons. The Morgan fingerprint density at radius 3 is 2.67 bits per heavy atom. The lowest BCUT2D eigenvalue weighted by molar-refractivity contribution is 0.456. The normalized spacial score (nSPS) is 24.9. The number of anilines is 1. The minimum atomic E-state index is 0.136. The molecule has 1 saturated carbocycles. The van der Waals surface area contributed by atoms with Crippen molar-refractivity contribution in [2.24, 2.45) is 5.41 Å². The zero-order valence-electron chi connectivity index (χ0n) is 11.2. The van der Waals surface area contributed by atoms with E-state index in [2.05, 4.69) is 36.2 Å². The Kier molecular flexibility index (Phi) is 2.83. The molecule has 0 bridgehead atoms. The van der Waals surface area contributed by atoms with Crippen LogP contribution >= 0.6 is 11.6 Å². The number of halogens is 1. The molecule has 1 aromatic rings. The first-order valence-corrected chi connectivity index (χ1v) is 7.13. The third-order valence-electron chi connectivity index (χ3n) is 4.36. The Morgan fingerprint density at radius 1 is 1.22 bits per heavy atom. The summed E-state index contributed by atoms with van der Waals surface area (Å²) in [6.07, 6.45) is 2.71. The zero-order chi connectivity index (χ0) is 12.8. The van der Waals surface area contributed by atoms with Gasteiger partial charge in [-0.05, 0) is 44.9 Å². The summed E-state index contributed by atoms with van der Waals surface area (Å²) in [7, 11) is 0. The average molecular weight is 265 g/mol. The lowest BCUT2D eigenvalue weighted by atomic mass is 10.00. The lowest BCUT2D eigenvalue weighted by Gasteiger charge is -2.40. The Hall–Kier alpha value is -0.730. The molecule has 1 aliphatic heterocycles. The van der Waals surface area contributed by atoms with Crippen LogP contribution in [0.25, 0.3) is 0 Å². The van der Waals surface area contributed by atoms with Crippen molar-refractivity contribution in [2.45, 2.75) is 32.2 Å². The van der Waals surface area contributed by atoms with E-state index in [1.807, 2.05) is 12.1 Å². The minimum Gasteiger partial charge on any atom is -0.364 e. The number of nitrogens with zero attached hydrogens (tertiary/aromatic N) is 1. The molecule has 1 heterocycles. The predicted molar refractivity (Wildman–Crippen MR) is 77.4 cm³/mol. The van der Waals surface area contributed by atoms with Crippen LogP contribution in [0.2, 0.25) is 5.02 Å². The zero-order valence-corrected chi connectivity index (χ0v) is 11.9. The monoisotopic (exact) mass is 264 g/mol. The van der Waals surface area contributed by atoms with E-state index in [4.69, 9.17) is 11.6 Å². The van der Waals surface area contributed by atoms with Gasteiger partial charge in [-0.2, -0.15) is 0 Å².